The molecule has 8 bridgehead atoms. The molecule has 67 heavy (non-hydrogen) atoms. The Bertz CT molecular complexity index is 2520. The van der Waals surface area contributed by atoms with Crippen molar-refractivity contribution in [2.24, 2.45) is 0 Å². The van der Waals surface area contributed by atoms with E-state index in [0.29, 0.717) is 92.6 Å². The van der Waals surface area contributed by atoms with Crippen LogP contribution in [0.1, 0.15) is 146 Å². The van der Waals surface area contributed by atoms with Crippen molar-refractivity contribution >= 4 is 57.1 Å². The second kappa shape index (κ2) is 22.6. The van der Waals surface area contributed by atoms with Crippen LogP contribution in [0.15, 0.2) is 18.2 Å². The molecule has 3 amide bonds. The number of aromatic nitrogens is 4. The Morgan fingerprint density at radius 1 is 0.821 bits per heavy atom. The second-order valence-corrected chi connectivity index (χ2v) is 18.0. The van der Waals surface area contributed by atoms with Crippen LogP contribution in [-0.4, -0.2) is 134 Å². The number of fused-ring (bicyclic) bond motifs is 8. The number of hydrogen-bond acceptors (Lipinski definition) is 13. The van der Waals surface area contributed by atoms with Gasteiger partial charge in [0, 0.05) is 59.7 Å². The van der Waals surface area contributed by atoms with Crippen LogP contribution >= 0.6 is 0 Å². The van der Waals surface area contributed by atoms with Crippen LogP contribution in [0.2, 0.25) is 0 Å². The Balaban J connectivity index is 1.45. The first-order valence-corrected chi connectivity index (χ1v) is 23.2. The van der Waals surface area contributed by atoms with Crippen molar-refractivity contribution in [1.29, 1.82) is 0 Å². The first kappa shape index (κ1) is 50.9. The van der Waals surface area contributed by atoms with Crippen LogP contribution in [0.5, 0.6) is 0 Å². The van der Waals surface area contributed by atoms with E-state index in [0.717, 1.165) is 44.7 Å². The number of H-pyrrole nitrogens is 2. The topological polar surface area (TPSA) is 206 Å². The molecule has 17 nitrogen and oxygen atoms in total. The first-order chi connectivity index (χ1) is 32.0. The van der Waals surface area contributed by atoms with Gasteiger partial charge in [-0.1, -0.05) is 13.8 Å². The molecule has 0 spiro atoms. The highest BCUT2D eigenvalue weighted by Gasteiger charge is 2.41. The minimum atomic E-state index is -0.588. The van der Waals surface area contributed by atoms with Gasteiger partial charge < -0.3 is 48.4 Å². The fraction of sp³-hybridized carbons (Fsp3) is 0.560. The fourth-order valence-electron chi connectivity index (χ4n) is 8.88. The zero-order valence-electron chi connectivity index (χ0n) is 41.0. The summed E-state index contributed by atoms with van der Waals surface area (Å²) in [5, 5.41) is 2.70. The van der Waals surface area contributed by atoms with E-state index < -0.39 is 23.5 Å². The number of carbonyl (C=O) groups is 4. The van der Waals surface area contributed by atoms with Gasteiger partial charge >= 0.3 is 12.1 Å². The van der Waals surface area contributed by atoms with E-state index in [-0.39, 0.29) is 55.7 Å². The number of methoxy groups -OCH3 is 2. The number of esters is 1. The number of hydrogen-bond donors (Lipinski definition) is 3. The monoisotopic (exact) mass is 928 g/mol. The van der Waals surface area contributed by atoms with Gasteiger partial charge in [-0.05, 0) is 102 Å². The van der Waals surface area contributed by atoms with Gasteiger partial charge in [0.1, 0.15) is 5.60 Å². The summed E-state index contributed by atoms with van der Waals surface area (Å²) in [5.74, 6) is -1.92. The van der Waals surface area contributed by atoms with Crippen molar-refractivity contribution in [3.63, 3.8) is 0 Å². The molecule has 17 heteroatoms. The Kier molecular flexibility index (Phi) is 17.2. The SMILES string of the molecule is CCC1=C(C)c2cc3[nH]c(cc4nc(c5c6[nH]c(cc1n2)c(C)c6C(=O)N(CCOCCOCCOC)C5=O)[C@@H](CCC(=O)OC)[C@@H]4C)c(C)c3C(C)OCCOCCNC(=O)OC(C)(C)C. The molecule has 0 radical (unpaired) electrons. The average Bonchev–Trinajstić information content (AvgIpc) is 3.96. The molecular weight excluding hydrogens is 861 g/mol. The number of nitrogens with one attached hydrogen (secondary N) is 3. The molecule has 6 rings (SSSR count). The Morgan fingerprint density at radius 2 is 1.48 bits per heavy atom. The van der Waals surface area contributed by atoms with E-state index in [2.05, 4.69) is 35.2 Å². The zero-order chi connectivity index (χ0) is 48.6. The number of ether oxygens (including phenoxy) is 7. The smallest absolute Gasteiger partial charge is 0.407 e. The van der Waals surface area contributed by atoms with Crippen LogP contribution in [0.4, 0.5) is 4.79 Å². The first-order valence-electron chi connectivity index (χ1n) is 23.2. The van der Waals surface area contributed by atoms with Gasteiger partial charge in [-0.25, -0.2) is 9.78 Å². The molecule has 3 aliphatic rings. The highest BCUT2D eigenvalue weighted by molar-refractivity contribution is 6.23. The molecule has 6 heterocycles. The highest BCUT2D eigenvalue weighted by Crippen LogP contribution is 2.44. The van der Waals surface area contributed by atoms with Crippen molar-refractivity contribution in [1.82, 2.24) is 30.2 Å². The lowest BCUT2D eigenvalue weighted by atomic mass is 9.84. The number of aryl methyl sites for hydroxylation is 2. The minimum Gasteiger partial charge on any atom is -0.469 e. The summed E-state index contributed by atoms with van der Waals surface area (Å²) in [4.78, 5) is 73.0. The molecule has 0 aromatic carbocycles. The van der Waals surface area contributed by atoms with Crippen LogP contribution < -0.4 is 5.32 Å². The molecule has 0 aliphatic carbocycles. The number of carbonyl (C=O) groups excluding carboxylic acids is 4. The fourth-order valence-corrected chi connectivity index (χ4v) is 8.88. The molecule has 3 aromatic heterocycles. The number of aromatic amines is 2. The van der Waals surface area contributed by atoms with Gasteiger partial charge in [0.25, 0.3) is 11.8 Å². The number of nitrogens with zero attached hydrogens (tertiary/aromatic N) is 3. The summed E-state index contributed by atoms with van der Waals surface area (Å²) in [6.07, 6.45) is 0.291. The third-order valence-corrected chi connectivity index (χ3v) is 12.4. The predicted molar refractivity (Wildman–Crippen MR) is 254 cm³/mol. The number of imide groups is 1. The van der Waals surface area contributed by atoms with Crippen molar-refractivity contribution in [3.8, 4) is 0 Å². The Labute approximate surface area is 392 Å². The van der Waals surface area contributed by atoms with Gasteiger partial charge in [0.05, 0.1) is 106 Å². The second-order valence-electron chi connectivity index (χ2n) is 18.0. The largest absolute Gasteiger partial charge is 0.469 e. The molecule has 0 fully saturated rings. The quantitative estimate of drug-likeness (QED) is 0.0527. The lowest BCUT2D eigenvalue weighted by Gasteiger charge is -2.27. The summed E-state index contributed by atoms with van der Waals surface area (Å²) in [6, 6.07) is 6.01. The standard InChI is InChI=1S/C50H68N6O11/c1-12-33-28(2)35-27-40-42(32(6)66-24-23-63-17-15-51-49(60)67-50(7,8)9)30(4)37(53-40)25-36-29(3)34(13-14-41(57)62-11)45(54-36)44-46-43(31(5)38(55-46)26-39(33)52-35)47(58)56(48(44)59)16-18-64-21-22-65-20-19-61-10/h25-27,29,32,34,53,55H,12-24H2,1-11H3,(H,51,60)/t29-,32?,34-/m0/s1. The third-order valence-electron chi connectivity index (χ3n) is 12.4. The minimum absolute atomic E-state index is 0.00833. The summed E-state index contributed by atoms with van der Waals surface area (Å²) in [7, 11) is 2.96. The van der Waals surface area contributed by atoms with Crippen molar-refractivity contribution in [2.45, 2.75) is 105 Å². The predicted octanol–water partition coefficient (Wildman–Crippen LogP) is 8.01. The van der Waals surface area contributed by atoms with Gasteiger partial charge in [-0.3, -0.25) is 24.3 Å². The number of rotatable bonds is 21. The van der Waals surface area contributed by atoms with Gasteiger partial charge in [-0.15, -0.1) is 0 Å². The zero-order valence-corrected chi connectivity index (χ0v) is 41.0. The van der Waals surface area contributed by atoms with Crippen molar-refractivity contribution in [3.05, 3.63) is 68.8 Å². The maximum atomic E-state index is 14.9. The van der Waals surface area contributed by atoms with Crippen LogP contribution in [0.25, 0.3) is 33.2 Å². The van der Waals surface area contributed by atoms with Crippen LogP contribution in [-0.2, 0) is 38.0 Å². The lowest BCUT2D eigenvalue weighted by molar-refractivity contribution is -0.140. The highest BCUT2D eigenvalue weighted by atomic mass is 16.6. The summed E-state index contributed by atoms with van der Waals surface area (Å²) >= 11 is 0. The average molecular weight is 929 g/mol. The summed E-state index contributed by atoms with van der Waals surface area (Å²) in [6.45, 7) is 20.4. The molecule has 3 atom stereocenters. The molecular formula is C50H68N6O11. The van der Waals surface area contributed by atoms with Crippen molar-refractivity contribution in [2.75, 3.05) is 80.2 Å². The van der Waals surface area contributed by atoms with Gasteiger partial charge in [-0.2, -0.15) is 0 Å². The van der Waals surface area contributed by atoms with E-state index in [9.17, 15) is 19.2 Å². The maximum Gasteiger partial charge on any atom is 0.407 e. The summed E-state index contributed by atoms with van der Waals surface area (Å²) in [5.41, 5.74) is 10.1. The van der Waals surface area contributed by atoms with E-state index >= 15 is 0 Å². The van der Waals surface area contributed by atoms with Gasteiger partial charge in [0.2, 0.25) is 0 Å². The van der Waals surface area contributed by atoms with Crippen LogP contribution in [0.3, 0.4) is 0 Å². The molecule has 3 N–H and O–H groups in total. The molecule has 3 aliphatic heterocycles. The number of amides is 3. The van der Waals surface area contributed by atoms with Crippen molar-refractivity contribution < 1.29 is 52.3 Å². The summed E-state index contributed by atoms with van der Waals surface area (Å²) < 4.78 is 38.9. The third kappa shape index (κ3) is 11.8. The normalized spacial score (nSPS) is 16.5. The molecule has 364 valence electrons. The van der Waals surface area contributed by atoms with E-state index in [4.69, 9.17) is 43.1 Å². The Hall–Kier alpha value is -5.46. The molecule has 0 saturated carbocycles. The maximum absolute atomic E-state index is 14.9. The number of allylic oxidation sites excluding steroid dienone is 2. The van der Waals surface area contributed by atoms with E-state index in [1.54, 1.807) is 7.11 Å². The van der Waals surface area contributed by atoms with Gasteiger partial charge in [0.15, 0.2) is 0 Å². The Morgan fingerprint density at radius 3 is 2.18 bits per heavy atom. The molecule has 3 aromatic rings. The molecule has 0 saturated heterocycles. The van der Waals surface area contributed by atoms with E-state index in [1.807, 2.05) is 60.6 Å². The number of alkyl carbamates (subject to hydrolysis) is 1. The van der Waals surface area contributed by atoms with Crippen LogP contribution in [0, 0.1) is 13.8 Å². The lowest BCUT2D eigenvalue weighted by Crippen LogP contribution is -2.43. The molecule has 1 unspecified atom stereocenters. The van der Waals surface area contributed by atoms with E-state index in [1.165, 1.54) is 12.0 Å².